The van der Waals surface area contributed by atoms with Gasteiger partial charge in [-0.15, -0.1) is 0 Å². The average molecular weight is 306 g/mol. The third-order valence-corrected chi connectivity index (χ3v) is 3.55. The van der Waals surface area contributed by atoms with E-state index in [2.05, 4.69) is 5.32 Å². The van der Waals surface area contributed by atoms with Crippen molar-refractivity contribution in [1.29, 1.82) is 0 Å². The minimum absolute atomic E-state index is 0.188. The number of carbonyl (C=O) groups is 1. The molecule has 0 spiro atoms. The van der Waals surface area contributed by atoms with E-state index in [9.17, 15) is 4.79 Å². The van der Waals surface area contributed by atoms with Gasteiger partial charge >= 0.3 is 0 Å². The van der Waals surface area contributed by atoms with E-state index in [0.29, 0.717) is 35.5 Å². The Morgan fingerprint density at radius 2 is 2.33 bits per heavy atom. The summed E-state index contributed by atoms with van der Waals surface area (Å²) in [4.78, 5) is 13.8. The number of methoxy groups -OCH3 is 1. The summed E-state index contributed by atoms with van der Waals surface area (Å²) in [5.41, 5.74) is 1.25. The highest BCUT2D eigenvalue weighted by atomic mass is 32.1. The summed E-state index contributed by atoms with van der Waals surface area (Å²) in [5.74, 6) is 1.09. The summed E-state index contributed by atoms with van der Waals surface area (Å²) in [6.45, 7) is 1.17. The van der Waals surface area contributed by atoms with Crippen LogP contribution in [0.4, 0.5) is 0 Å². The number of nitrogens with one attached hydrogen (secondary N) is 1. The number of hydrogen-bond acceptors (Lipinski definition) is 5. The highest BCUT2D eigenvalue weighted by molar-refractivity contribution is 7.80. The Morgan fingerprint density at radius 1 is 1.48 bits per heavy atom. The molecule has 0 radical (unpaired) electrons. The summed E-state index contributed by atoms with van der Waals surface area (Å²) in [6.07, 6.45) is 1.75. The zero-order valence-corrected chi connectivity index (χ0v) is 12.2. The summed E-state index contributed by atoms with van der Waals surface area (Å²) < 4.78 is 15.8. The van der Waals surface area contributed by atoms with E-state index >= 15 is 0 Å². The van der Waals surface area contributed by atoms with Crippen LogP contribution in [-0.2, 0) is 9.53 Å². The zero-order chi connectivity index (χ0) is 14.8. The third kappa shape index (κ3) is 2.57. The standard InChI is InChI=1S/C14H14N2O4S/c1-18-6-5-16-10(13(17)15-14(16)21)7-9-3-2-4-11-12(9)20-8-19-11/h2-4,7H,5-6,8H2,1H3,(H,15,17,21)/b10-7+. The molecule has 1 saturated heterocycles. The summed E-state index contributed by atoms with van der Waals surface area (Å²) in [6, 6.07) is 5.54. The molecule has 2 aliphatic rings. The predicted molar refractivity (Wildman–Crippen MR) is 79.9 cm³/mol. The van der Waals surface area contributed by atoms with Gasteiger partial charge in [-0.2, -0.15) is 0 Å². The smallest absolute Gasteiger partial charge is 0.274 e. The number of hydrogen-bond donors (Lipinski definition) is 1. The molecule has 1 aromatic carbocycles. The molecule has 3 rings (SSSR count). The Kier molecular flexibility index (Phi) is 3.76. The molecule has 110 valence electrons. The predicted octanol–water partition coefficient (Wildman–Crippen LogP) is 1.12. The first kappa shape index (κ1) is 13.8. The Bertz CT molecular complexity index is 629. The van der Waals surface area contributed by atoms with Crippen molar-refractivity contribution in [3.63, 3.8) is 0 Å². The Morgan fingerprint density at radius 3 is 3.14 bits per heavy atom. The van der Waals surface area contributed by atoms with Gasteiger partial charge in [0.1, 0.15) is 5.70 Å². The van der Waals surface area contributed by atoms with E-state index in [1.807, 2.05) is 18.2 Å². The monoisotopic (exact) mass is 306 g/mol. The van der Waals surface area contributed by atoms with Crippen LogP contribution in [0.3, 0.4) is 0 Å². The molecule has 0 unspecified atom stereocenters. The largest absolute Gasteiger partial charge is 0.454 e. The number of benzene rings is 1. The van der Waals surface area contributed by atoms with Crippen LogP contribution in [0.1, 0.15) is 5.56 Å². The van der Waals surface area contributed by atoms with E-state index in [0.717, 1.165) is 5.56 Å². The van der Waals surface area contributed by atoms with Gasteiger partial charge in [-0.3, -0.25) is 10.1 Å². The molecule has 0 bridgehead atoms. The highest BCUT2D eigenvalue weighted by Gasteiger charge is 2.30. The molecular weight excluding hydrogens is 292 g/mol. The summed E-state index contributed by atoms with van der Waals surface area (Å²) >= 11 is 5.17. The van der Waals surface area contributed by atoms with Crippen molar-refractivity contribution in [2.45, 2.75) is 0 Å². The van der Waals surface area contributed by atoms with Gasteiger partial charge in [0.05, 0.1) is 6.61 Å². The molecule has 1 amide bonds. The molecule has 2 aliphatic heterocycles. The van der Waals surface area contributed by atoms with Crippen molar-refractivity contribution in [3.05, 3.63) is 29.5 Å². The summed E-state index contributed by atoms with van der Waals surface area (Å²) in [7, 11) is 1.60. The number of para-hydroxylation sites is 1. The van der Waals surface area contributed by atoms with Crippen molar-refractivity contribution in [2.24, 2.45) is 0 Å². The van der Waals surface area contributed by atoms with E-state index in [1.165, 1.54) is 0 Å². The number of ether oxygens (including phenoxy) is 3. The Labute approximate surface area is 127 Å². The van der Waals surface area contributed by atoms with Crippen molar-refractivity contribution in [3.8, 4) is 11.5 Å². The van der Waals surface area contributed by atoms with Crippen LogP contribution in [0.5, 0.6) is 11.5 Å². The molecule has 1 N–H and O–H groups in total. The zero-order valence-electron chi connectivity index (χ0n) is 11.4. The van der Waals surface area contributed by atoms with Crippen LogP contribution < -0.4 is 14.8 Å². The number of thiocarbonyl (C=S) groups is 1. The topological polar surface area (TPSA) is 60.0 Å². The van der Waals surface area contributed by atoms with E-state index in [1.54, 1.807) is 18.1 Å². The van der Waals surface area contributed by atoms with E-state index < -0.39 is 0 Å². The normalized spacial score (nSPS) is 18.5. The van der Waals surface area contributed by atoms with Gasteiger partial charge in [-0.1, -0.05) is 12.1 Å². The van der Waals surface area contributed by atoms with Crippen molar-refractivity contribution < 1.29 is 19.0 Å². The fraction of sp³-hybridized carbons (Fsp3) is 0.286. The molecule has 21 heavy (non-hydrogen) atoms. The fourth-order valence-corrected chi connectivity index (χ4v) is 2.50. The molecular formula is C14H14N2O4S. The first-order chi connectivity index (χ1) is 10.2. The van der Waals surface area contributed by atoms with Crippen molar-refractivity contribution >= 4 is 29.3 Å². The molecule has 7 heteroatoms. The van der Waals surface area contributed by atoms with Crippen LogP contribution in [0.2, 0.25) is 0 Å². The first-order valence-corrected chi connectivity index (χ1v) is 6.83. The van der Waals surface area contributed by atoms with E-state index in [-0.39, 0.29) is 12.7 Å². The van der Waals surface area contributed by atoms with Gasteiger partial charge in [0, 0.05) is 19.2 Å². The second-order valence-corrected chi connectivity index (χ2v) is 4.90. The number of fused-ring (bicyclic) bond motifs is 1. The second kappa shape index (κ2) is 5.71. The van der Waals surface area contributed by atoms with Crippen LogP contribution in [-0.4, -0.2) is 43.0 Å². The molecule has 0 aromatic heterocycles. The number of amides is 1. The lowest BCUT2D eigenvalue weighted by Gasteiger charge is -2.16. The molecule has 2 heterocycles. The number of nitrogens with zero attached hydrogens (tertiary/aromatic N) is 1. The minimum Gasteiger partial charge on any atom is -0.454 e. The molecule has 1 aromatic rings. The quantitative estimate of drug-likeness (QED) is 0.664. The molecule has 0 aliphatic carbocycles. The lowest BCUT2D eigenvalue weighted by molar-refractivity contribution is -0.115. The van der Waals surface area contributed by atoms with Gasteiger partial charge in [0.15, 0.2) is 16.6 Å². The lowest BCUT2D eigenvalue weighted by atomic mass is 10.1. The number of carbonyl (C=O) groups excluding carboxylic acids is 1. The highest BCUT2D eigenvalue weighted by Crippen LogP contribution is 2.36. The van der Waals surface area contributed by atoms with Gasteiger partial charge in [0.2, 0.25) is 6.79 Å². The molecule has 6 nitrogen and oxygen atoms in total. The van der Waals surface area contributed by atoms with Crippen LogP contribution in [0, 0.1) is 0 Å². The van der Waals surface area contributed by atoms with Gasteiger partial charge in [-0.05, 0) is 24.4 Å². The maximum atomic E-state index is 12.0. The van der Waals surface area contributed by atoms with Gasteiger partial charge < -0.3 is 19.1 Å². The van der Waals surface area contributed by atoms with Crippen LogP contribution in [0.25, 0.3) is 6.08 Å². The van der Waals surface area contributed by atoms with Crippen LogP contribution in [0.15, 0.2) is 23.9 Å². The second-order valence-electron chi connectivity index (χ2n) is 4.51. The molecule has 0 saturated carbocycles. The summed E-state index contributed by atoms with van der Waals surface area (Å²) in [5, 5.41) is 3.02. The molecule has 0 atom stereocenters. The van der Waals surface area contributed by atoms with E-state index in [4.69, 9.17) is 26.4 Å². The maximum Gasteiger partial charge on any atom is 0.274 e. The van der Waals surface area contributed by atoms with Crippen molar-refractivity contribution in [2.75, 3.05) is 27.1 Å². The minimum atomic E-state index is -0.229. The Hall–Kier alpha value is -2.12. The van der Waals surface area contributed by atoms with Gasteiger partial charge in [-0.25, -0.2) is 0 Å². The average Bonchev–Trinajstić information content (AvgIpc) is 3.04. The lowest BCUT2D eigenvalue weighted by Crippen LogP contribution is -2.30. The van der Waals surface area contributed by atoms with Gasteiger partial charge in [0.25, 0.3) is 5.91 Å². The maximum absolute atomic E-state index is 12.0. The number of rotatable bonds is 4. The van der Waals surface area contributed by atoms with Crippen molar-refractivity contribution in [1.82, 2.24) is 10.2 Å². The Balaban J connectivity index is 1.95. The third-order valence-electron chi connectivity index (χ3n) is 3.23. The SMILES string of the molecule is COCCN1C(=S)NC(=O)/C1=C\c1cccc2c1OCO2. The first-order valence-electron chi connectivity index (χ1n) is 6.43. The molecule has 1 fully saturated rings. The van der Waals surface area contributed by atoms with Crippen LogP contribution >= 0.6 is 12.2 Å². The fourth-order valence-electron chi connectivity index (χ4n) is 2.22.